The van der Waals surface area contributed by atoms with Crippen molar-refractivity contribution < 1.29 is 0 Å². The molecule has 0 amide bonds. The van der Waals surface area contributed by atoms with Crippen molar-refractivity contribution in [3.63, 3.8) is 0 Å². The molecule has 1 heterocycles. The van der Waals surface area contributed by atoms with Gasteiger partial charge in [-0.2, -0.15) is 0 Å². The van der Waals surface area contributed by atoms with Gasteiger partial charge >= 0.3 is 0 Å². The Hall–Kier alpha value is -1.41. The van der Waals surface area contributed by atoms with E-state index in [4.69, 9.17) is 0 Å². The van der Waals surface area contributed by atoms with Crippen molar-refractivity contribution in [1.82, 2.24) is 10.3 Å². The molecule has 0 aliphatic carbocycles. The van der Waals surface area contributed by atoms with Crippen LogP contribution < -0.4 is 5.32 Å². The van der Waals surface area contributed by atoms with Gasteiger partial charge in [0.1, 0.15) is 0 Å². The summed E-state index contributed by atoms with van der Waals surface area (Å²) >= 11 is 0. The molecule has 0 saturated carbocycles. The van der Waals surface area contributed by atoms with Crippen LogP contribution in [0.2, 0.25) is 0 Å². The second-order valence-corrected chi connectivity index (χ2v) is 6.65. The monoisotopic (exact) mass is 270 g/mol. The van der Waals surface area contributed by atoms with Crippen molar-refractivity contribution in [1.29, 1.82) is 0 Å². The number of aromatic nitrogens is 1. The molecule has 2 aromatic rings. The predicted octanol–water partition coefficient (Wildman–Crippen LogP) is 4.15. The molecule has 1 N–H and O–H groups in total. The molecule has 0 radical (unpaired) electrons. The molecule has 1 aromatic heterocycles. The molecule has 2 heteroatoms. The van der Waals surface area contributed by atoms with Gasteiger partial charge in [-0.3, -0.25) is 4.98 Å². The quantitative estimate of drug-likeness (QED) is 0.798. The van der Waals surface area contributed by atoms with Gasteiger partial charge in [0.25, 0.3) is 0 Å². The van der Waals surface area contributed by atoms with Gasteiger partial charge in [-0.15, -0.1) is 0 Å². The van der Waals surface area contributed by atoms with E-state index in [2.05, 4.69) is 62.3 Å². The standard InChI is InChI=1S/C18H26N2/c1-14(2)12-19-10-9-18(3,4)16-11-15-7-5-6-8-17(15)20-13-16/h5-8,11,13-14,19H,9-10,12H2,1-4H3. The third-order valence-corrected chi connectivity index (χ3v) is 3.85. The van der Waals surface area contributed by atoms with Crippen LogP contribution in [-0.2, 0) is 5.41 Å². The lowest BCUT2D eigenvalue weighted by Crippen LogP contribution is -2.27. The highest BCUT2D eigenvalue weighted by atomic mass is 14.9. The van der Waals surface area contributed by atoms with Crippen molar-refractivity contribution >= 4 is 10.9 Å². The van der Waals surface area contributed by atoms with Gasteiger partial charge in [0.2, 0.25) is 0 Å². The molecule has 2 rings (SSSR count). The maximum Gasteiger partial charge on any atom is 0.0702 e. The Balaban J connectivity index is 2.06. The molecule has 108 valence electrons. The minimum absolute atomic E-state index is 0.154. The van der Waals surface area contributed by atoms with Crippen LogP contribution in [-0.4, -0.2) is 18.1 Å². The van der Waals surface area contributed by atoms with Crippen LogP contribution in [0.4, 0.5) is 0 Å². The molecule has 0 unspecified atom stereocenters. The first-order valence-electron chi connectivity index (χ1n) is 7.55. The molecular formula is C18H26N2. The second-order valence-electron chi connectivity index (χ2n) is 6.65. The molecule has 0 atom stereocenters. The van der Waals surface area contributed by atoms with Crippen molar-refractivity contribution in [3.05, 3.63) is 42.1 Å². The number of para-hydroxylation sites is 1. The van der Waals surface area contributed by atoms with E-state index in [9.17, 15) is 0 Å². The smallest absolute Gasteiger partial charge is 0.0702 e. The molecule has 1 aromatic carbocycles. The van der Waals surface area contributed by atoms with E-state index in [1.54, 1.807) is 0 Å². The fraction of sp³-hybridized carbons (Fsp3) is 0.500. The van der Waals surface area contributed by atoms with Gasteiger partial charge in [-0.25, -0.2) is 0 Å². The van der Waals surface area contributed by atoms with Crippen LogP contribution in [0.1, 0.15) is 39.7 Å². The Bertz CT molecular complexity index is 558. The number of nitrogens with one attached hydrogen (secondary N) is 1. The number of hydrogen-bond acceptors (Lipinski definition) is 2. The van der Waals surface area contributed by atoms with Gasteiger partial charge in [0.05, 0.1) is 5.52 Å². The minimum atomic E-state index is 0.154. The highest BCUT2D eigenvalue weighted by Gasteiger charge is 2.20. The third-order valence-electron chi connectivity index (χ3n) is 3.85. The molecule has 0 spiro atoms. The fourth-order valence-electron chi connectivity index (χ4n) is 2.38. The topological polar surface area (TPSA) is 24.9 Å². The Kier molecular flexibility index (Phi) is 4.77. The van der Waals surface area contributed by atoms with E-state index in [-0.39, 0.29) is 5.41 Å². The lowest BCUT2D eigenvalue weighted by molar-refractivity contribution is 0.441. The van der Waals surface area contributed by atoms with E-state index in [0.717, 1.165) is 25.0 Å². The summed E-state index contributed by atoms with van der Waals surface area (Å²) in [6, 6.07) is 10.6. The van der Waals surface area contributed by atoms with Crippen molar-refractivity contribution in [2.75, 3.05) is 13.1 Å². The average Bonchev–Trinajstić information content (AvgIpc) is 2.43. The predicted molar refractivity (Wildman–Crippen MR) is 87.1 cm³/mol. The van der Waals surface area contributed by atoms with E-state index in [0.29, 0.717) is 5.92 Å². The fourth-order valence-corrected chi connectivity index (χ4v) is 2.38. The van der Waals surface area contributed by atoms with Gasteiger partial charge in [0.15, 0.2) is 0 Å². The average molecular weight is 270 g/mol. The lowest BCUT2D eigenvalue weighted by Gasteiger charge is -2.25. The lowest BCUT2D eigenvalue weighted by atomic mass is 9.82. The van der Waals surface area contributed by atoms with Crippen LogP contribution in [0.5, 0.6) is 0 Å². The second kappa shape index (κ2) is 6.36. The molecule has 0 bridgehead atoms. The van der Waals surface area contributed by atoms with Gasteiger partial charge in [-0.1, -0.05) is 45.9 Å². The molecular weight excluding hydrogens is 244 g/mol. The Morgan fingerprint density at radius 2 is 1.95 bits per heavy atom. The zero-order chi connectivity index (χ0) is 14.6. The van der Waals surface area contributed by atoms with Gasteiger partial charge < -0.3 is 5.32 Å². The summed E-state index contributed by atoms with van der Waals surface area (Å²) in [4.78, 5) is 4.58. The highest BCUT2D eigenvalue weighted by Crippen LogP contribution is 2.28. The van der Waals surface area contributed by atoms with Crippen LogP contribution in [0, 0.1) is 5.92 Å². The number of nitrogens with zero attached hydrogens (tertiary/aromatic N) is 1. The third kappa shape index (κ3) is 3.80. The molecule has 0 aliphatic rings. The molecule has 0 fully saturated rings. The van der Waals surface area contributed by atoms with Crippen LogP contribution in [0.25, 0.3) is 10.9 Å². The van der Waals surface area contributed by atoms with Gasteiger partial charge in [0, 0.05) is 11.6 Å². The molecule has 0 aliphatic heterocycles. The Morgan fingerprint density at radius 1 is 1.20 bits per heavy atom. The number of pyridine rings is 1. The Morgan fingerprint density at radius 3 is 2.70 bits per heavy atom. The number of rotatable bonds is 6. The number of benzene rings is 1. The van der Waals surface area contributed by atoms with E-state index < -0.39 is 0 Å². The van der Waals surface area contributed by atoms with Crippen LogP contribution >= 0.6 is 0 Å². The minimum Gasteiger partial charge on any atom is -0.316 e. The van der Waals surface area contributed by atoms with Crippen molar-refractivity contribution in [2.24, 2.45) is 5.92 Å². The summed E-state index contributed by atoms with van der Waals surface area (Å²) in [6.07, 6.45) is 3.16. The van der Waals surface area contributed by atoms with E-state index in [1.165, 1.54) is 10.9 Å². The van der Waals surface area contributed by atoms with Crippen LogP contribution in [0.15, 0.2) is 36.5 Å². The zero-order valence-corrected chi connectivity index (χ0v) is 13.1. The van der Waals surface area contributed by atoms with Crippen molar-refractivity contribution in [3.8, 4) is 0 Å². The first kappa shape index (κ1) is 15.0. The number of hydrogen-bond donors (Lipinski definition) is 1. The summed E-state index contributed by atoms with van der Waals surface area (Å²) in [5, 5.41) is 4.76. The molecule has 0 saturated heterocycles. The van der Waals surface area contributed by atoms with Crippen molar-refractivity contribution in [2.45, 2.75) is 39.5 Å². The molecule has 2 nitrogen and oxygen atoms in total. The summed E-state index contributed by atoms with van der Waals surface area (Å²) in [6.45, 7) is 11.2. The highest BCUT2D eigenvalue weighted by molar-refractivity contribution is 5.78. The first-order valence-corrected chi connectivity index (χ1v) is 7.55. The SMILES string of the molecule is CC(C)CNCCC(C)(C)c1cnc2ccccc2c1. The summed E-state index contributed by atoms with van der Waals surface area (Å²) in [7, 11) is 0. The zero-order valence-electron chi connectivity index (χ0n) is 13.1. The maximum absolute atomic E-state index is 4.58. The van der Waals surface area contributed by atoms with E-state index in [1.807, 2.05) is 12.3 Å². The Labute approximate surface area is 122 Å². The largest absolute Gasteiger partial charge is 0.316 e. The van der Waals surface area contributed by atoms with Gasteiger partial charge in [-0.05, 0) is 48.5 Å². The molecule has 20 heavy (non-hydrogen) atoms. The summed E-state index contributed by atoms with van der Waals surface area (Å²) < 4.78 is 0. The maximum atomic E-state index is 4.58. The normalized spacial score (nSPS) is 12.2. The van der Waals surface area contributed by atoms with E-state index >= 15 is 0 Å². The number of fused-ring (bicyclic) bond motifs is 1. The summed E-state index contributed by atoms with van der Waals surface area (Å²) in [5.41, 5.74) is 2.55. The first-order chi connectivity index (χ1) is 9.49. The summed E-state index contributed by atoms with van der Waals surface area (Å²) in [5.74, 6) is 0.709. The van der Waals surface area contributed by atoms with Crippen LogP contribution in [0.3, 0.4) is 0 Å².